The lowest BCUT2D eigenvalue weighted by molar-refractivity contribution is -0.125. The molecule has 31 heavy (non-hydrogen) atoms. The van der Waals surface area contributed by atoms with Gasteiger partial charge in [-0.05, 0) is 25.0 Å². The molecule has 2 aliphatic rings. The highest BCUT2D eigenvalue weighted by molar-refractivity contribution is 5.94. The number of nitrogens with one attached hydrogen (secondary N) is 1. The molecule has 1 saturated carbocycles. The molecule has 0 unspecified atom stereocenters. The number of nitrogens with zero attached hydrogens (tertiary/aromatic N) is 1. The lowest BCUT2D eigenvalue weighted by Crippen LogP contribution is -2.59. The Kier molecular flexibility index (Phi) is 8.25. The second-order valence-electron chi connectivity index (χ2n) is 7.99. The number of amides is 2. The SMILES string of the molecule is NC(=O)COc1ccccc1C(=O)OCC(=O)NCC1(N2CCOCC2)CCCCC1. The number of hydrogen-bond donors (Lipinski definition) is 2. The molecule has 3 rings (SSSR count). The summed E-state index contributed by atoms with van der Waals surface area (Å²) < 4.78 is 15.9. The van der Waals surface area contributed by atoms with Gasteiger partial charge in [0, 0.05) is 25.2 Å². The Balaban J connectivity index is 1.52. The molecule has 0 spiro atoms. The molecule has 9 heteroatoms. The first-order valence-electron chi connectivity index (χ1n) is 10.8. The van der Waals surface area contributed by atoms with E-state index >= 15 is 0 Å². The lowest BCUT2D eigenvalue weighted by Gasteiger charge is -2.48. The Morgan fingerprint density at radius 1 is 1.06 bits per heavy atom. The van der Waals surface area contributed by atoms with Gasteiger partial charge >= 0.3 is 5.97 Å². The van der Waals surface area contributed by atoms with Crippen LogP contribution in [0.15, 0.2) is 24.3 Å². The van der Waals surface area contributed by atoms with Crippen LogP contribution in [0.25, 0.3) is 0 Å². The largest absolute Gasteiger partial charge is 0.483 e. The molecule has 170 valence electrons. The molecule has 0 bridgehead atoms. The van der Waals surface area contributed by atoms with Gasteiger partial charge in [0.05, 0.1) is 13.2 Å². The smallest absolute Gasteiger partial charge is 0.342 e. The number of carbonyl (C=O) groups excluding carboxylic acids is 3. The van der Waals surface area contributed by atoms with Gasteiger partial charge in [0.15, 0.2) is 13.2 Å². The van der Waals surface area contributed by atoms with Crippen molar-refractivity contribution in [1.29, 1.82) is 0 Å². The summed E-state index contributed by atoms with van der Waals surface area (Å²) >= 11 is 0. The first-order chi connectivity index (χ1) is 15.0. The van der Waals surface area contributed by atoms with Crippen molar-refractivity contribution >= 4 is 17.8 Å². The minimum Gasteiger partial charge on any atom is -0.483 e. The van der Waals surface area contributed by atoms with Gasteiger partial charge in [-0.3, -0.25) is 14.5 Å². The fourth-order valence-corrected chi connectivity index (χ4v) is 4.29. The maximum atomic E-state index is 12.4. The Bertz CT molecular complexity index is 772. The number of nitrogens with two attached hydrogens (primary N) is 1. The second kappa shape index (κ2) is 11.1. The van der Waals surface area contributed by atoms with Crippen molar-refractivity contribution < 1.29 is 28.6 Å². The number of carbonyl (C=O) groups is 3. The second-order valence-corrected chi connectivity index (χ2v) is 7.99. The van der Waals surface area contributed by atoms with Gasteiger partial charge in [-0.15, -0.1) is 0 Å². The van der Waals surface area contributed by atoms with E-state index in [2.05, 4.69) is 10.2 Å². The van der Waals surface area contributed by atoms with E-state index in [1.54, 1.807) is 12.1 Å². The summed E-state index contributed by atoms with van der Waals surface area (Å²) in [6.45, 7) is 2.95. The van der Waals surface area contributed by atoms with Gasteiger partial charge in [-0.25, -0.2) is 4.79 Å². The third-order valence-corrected chi connectivity index (χ3v) is 5.89. The number of esters is 1. The number of rotatable bonds is 9. The Morgan fingerprint density at radius 3 is 2.48 bits per heavy atom. The predicted octanol–water partition coefficient (Wildman–Crippen LogP) is 0.859. The Labute approximate surface area is 182 Å². The van der Waals surface area contributed by atoms with Crippen LogP contribution in [0.4, 0.5) is 0 Å². The van der Waals surface area contributed by atoms with Crippen molar-refractivity contribution in [2.45, 2.75) is 37.6 Å². The quantitative estimate of drug-likeness (QED) is 0.554. The van der Waals surface area contributed by atoms with E-state index in [1.807, 2.05) is 0 Å². The number of hydrogen-bond acceptors (Lipinski definition) is 7. The van der Waals surface area contributed by atoms with Gasteiger partial charge in [-0.2, -0.15) is 0 Å². The highest BCUT2D eigenvalue weighted by atomic mass is 16.5. The summed E-state index contributed by atoms with van der Waals surface area (Å²) in [6.07, 6.45) is 5.58. The van der Waals surface area contributed by atoms with Crippen LogP contribution < -0.4 is 15.8 Å². The number of benzene rings is 1. The Morgan fingerprint density at radius 2 is 1.77 bits per heavy atom. The molecule has 1 saturated heterocycles. The summed E-state index contributed by atoms with van der Waals surface area (Å²) in [7, 11) is 0. The first kappa shape index (κ1) is 23.0. The normalized spacial score (nSPS) is 18.7. The number of morpholine rings is 1. The van der Waals surface area contributed by atoms with Crippen molar-refractivity contribution in [3.05, 3.63) is 29.8 Å². The van der Waals surface area contributed by atoms with Gasteiger partial charge in [0.25, 0.3) is 11.8 Å². The molecule has 1 aliphatic carbocycles. The summed E-state index contributed by atoms with van der Waals surface area (Å²) in [5.41, 5.74) is 5.16. The molecule has 1 aromatic rings. The number of para-hydroxylation sites is 1. The Hall–Kier alpha value is -2.65. The fraction of sp³-hybridized carbons (Fsp3) is 0.591. The van der Waals surface area contributed by atoms with E-state index < -0.39 is 11.9 Å². The zero-order chi connectivity index (χ0) is 22.1. The molecule has 1 aliphatic heterocycles. The average Bonchev–Trinajstić information content (AvgIpc) is 2.81. The molecule has 9 nitrogen and oxygen atoms in total. The molecule has 0 aromatic heterocycles. The molecule has 2 amide bonds. The predicted molar refractivity (Wildman–Crippen MR) is 113 cm³/mol. The highest BCUT2D eigenvalue weighted by Crippen LogP contribution is 2.33. The van der Waals surface area contributed by atoms with Crippen LogP contribution in [0.5, 0.6) is 5.75 Å². The fourth-order valence-electron chi connectivity index (χ4n) is 4.29. The molecule has 0 radical (unpaired) electrons. The molecular weight excluding hydrogens is 402 g/mol. The van der Waals surface area contributed by atoms with E-state index in [0.717, 1.165) is 38.8 Å². The molecule has 1 aromatic carbocycles. The average molecular weight is 434 g/mol. The van der Waals surface area contributed by atoms with Gasteiger partial charge in [-0.1, -0.05) is 31.4 Å². The van der Waals surface area contributed by atoms with Crippen molar-refractivity contribution in [1.82, 2.24) is 10.2 Å². The number of primary amides is 1. The van der Waals surface area contributed by atoms with Crippen molar-refractivity contribution in [3.8, 4) is 5.75 Å². The minimum atomic E-state index is -0.698. The topological polar surface area (TPSA) is 120 Å². The summed E-state index contributed by atoms with van der Waals surface area (Å²) in [5, 5.41) is 2.96. The van der Waals surface area contributed by atoms with E-state index in [1.165, 1.54) is 18.6 Å². The van der Waals surface area contributed by atoms with Crippen LogP contribution in [-0.4, -0.2) is 74.3 Å². The zero-order valence-corrected chi connectivity index (χ0v) is 17.8. The van der Waals surface area contributed by atoms with Crippen molar-refractivity contribution in [2.24, 2.45) is 5.73 Å². The maximum absolute atomic E-state index is 12.4. The molecular formula is C22H31N3O6. The molecule has 3 N–H and O–H groups in total. The van der Waals surface area contributed by atoms with Crippen LogP contribution in [0, 0.1) is 0 Å². The van der Waals surface area contributed by atoms with Crippen molar-refractivity contribution in [2.75, 3.05) is 46.1 Å². The third kappa shape index (κ3) is 6.41. The van der Waals surface area contributed by atoms with E-state index in [0.29, 0.717) is 19.8 Å². The van der Waals surface area contributed by atoms with Gasteiger partial charge in [0.2, 0.25) is 0 Å². The molecule has 1 heterocycles. The van der Waals surface area contributed by atoms with Crippen molar-refractivity contribution in [3.63, 3.8) is 0 Å². The lowest BCUT2D eigenvalue weighted by atomic mass is 9.79. The highest BCUT2D eigenvalue weighted by Gasteiger charge is 2.38. The van der Waals surface area contributed by atoms with Crippen LogP contribution in [0.1, 0.15) is 42.5 Å². The van der Waals surface area contributed by atoms with Crippen LogP contribution in [-0.2, 0) is 19.1 Å². The van der Waals surface area contributed by atoms with E-state index in [9.17, 15) is 14.4 Å². The standard InChI is InChI=1S/C22H31N3O6/c23-19(26)14-30-18-7-3-2-6-17(18)21(28)31-15-20(27)24-16-22(8-4-1-5-9-22)25-10-12-29-13-11-25/h2-3,6-7H,1,4-5,8-16H2,(H2,23,26)(H,24,27). The number of ether oxygens (including phenoxy) is 3. The third-order valence-electron chi connectivity index (χ3n) is 5.89. The zero-order valence-electron chi connectivity index (χ0n) is 17.8. The maximum Gasteiger partial charge on any atom is 0.342 e. The monoisotopic (exact) mass is 433 g/mol. The van der Waals surface area contributed by atoms with E-state index in [-0.39, 0.29) is 36.0 Å². The van der Waals surface area contributed by atoms with Crippen LogP contribution >= 0.6 is 0 Å². The summed E-state index contributed by atoms with van der Waals surface area (Å²) in [6, 6.07) is 6.35. The summed E-state index contributed by atoms with van der Waals surface area (Å²) in [5.74, 6) is -1.52. The van der Waals surface area contributed by atoms with Gasteiger partial charge < -0.3 is 25.3 Å². The first-order valence-corrected chi connectivity index (χ1v) is 10.8. The summed E-state index contributed by atoms with van der Waals surface area (Å²) in [4.78, 5) is 38.2. The van der Waals surface area contributed by atoms with E-state index in [4.69, 9.17) is 19.9 Å². The van der Waals surface area contributed by atoms with Crippen LogP contribution in [0.3, 0.4) is 0 Å². The molecule has 0 atom stereocenters. The minimum absolute atomic E-state index is 0.0586. The van der Waals surface area contributed by atoms with Crippen LogP contribution in [0.2, 0.25) is 0 Å². The van der Waals surface area contributed by atoms with Gasteiger partial charge in [0.1, 0.15) is 11.3 Å². The molecule has 2 fully saturated rings.